The van der Waals surface area contributed by atoms with E-state index in [4.69, 9.17) is 28.9 Å². The highest BCUT2D eigenvalue weighted by molar-refractivity contribution is 6.39. The molecular formula is C11H14Cl2N2O. The number of nitrogen functional groups attached to an aromatic ring is 1. The lowest BCUT2D eigenvalue weighted by Gasteiger charge is -2.09. The van der Waals surface area contributed by atoms with E-state index in [1.165, 1.54) is 12.1 Å². The molecule has 1 aromatic rings. The summed E-state index contributed by atoms with van der Waals surface area (Å²) >= 11 is 11.7. The normalized spacial score (nSPS) is 10.6. The Bertz CT molecular complexity index is 382. The average molecular weight is 261 g/mol. The Labute approximate surface area is 105 Å². The Hall–Kier alpha value is -0.930. The van der Waals surface area contributed by atoms with Crippen LogP contribution in [-0.4, -0.2) is 12.5 Å². The number of hydrogen-bond donors (Lipinski definition) is 2. The smallest absolute Gasteiger partial charge is 0.251 e. The zero-order valence-electron chi connectivity index (χ0n) is 9.18. The van der Waals surface area contributed by atoms with E-state index in [0.717, 1.165) is 0 Å². The molecule has 88 valence electrons. The molecule has 0 spiro atoms. The molecule has 0 unspecified atom stereocenters. The summed E-state index contributed by atoms with van der Waals surface area (Å²) in [4.78, 5) is 11.7. The number of amides is 1. The van der Waals surface area contributed by atoms with Crippen molar-refractivity contribution in [2.45, 2.75) is 13.8 Å². The van der Waals surface area contributed by atoms with E-state index < -0.39 is 0 Å². The number of benzene rings is 1. The summed E-state index contributed by atoms with van der Waals surface area (Å²) in [6.45, 7) is 4.64. The number of nitrogens with one attached hydrogen (secondary N) is 1. The van der Waals surface area contributed by atoms with Crippen LogP contribution in [0.5, 0.6) is 0 Å². The second-order valence-corrected chi connectivity index (χ2v) is 4.77. The fourth-order valence-corrected chi connectivity index (χ4v) is 1.60. The van der Waals surface area contributed by atoms with Gasteiger partial charge in [-0.3, -0.25) is 4.79 Å². The molecule has 0 aliphatic heterocycles. The van der Waals surface area contributed by atoms with Gasteiger partial charge < -0.3 is 11.1 Å². The van der Waals surface area contributed by atoms with Crippen molar-refractivity contribution in [3.63, 3.8) is 0 Å². The van der Waals surface area contributed by atoms with Crippen LogP contribution >= 0.6 is 23.2 Å². The summed E-state index contributed by atoms with van der Waals surface area (Å²) < 4.78 is 0. The number of anilines is 1. The molecule has 0 saturated carbocycles. The molecule has 3 nitrogen and oxygen atoms in total. The van der Waals surface area contributed by atoms with Gasteiger partial charge in [0.05, 0.1) is 15.7 Å². The molecule has 5 heteroatoms. The van der Waals surface area contributed by atoms with Crippen LogP contribution in [0.2, 0.25) is 10.0 Å². The van der Waals surface area contributed by atoms with Crippen LogP contribution in [0.25, 0.3) is 0 Å². The molecule has 1 rings (SSSR count). The molecule has 0 aliphatic carbocycles. The van der Waals surface area contributed by atoms with Crippen molar-refractivity contribution in [3.8, 4) is 0 Å². The molecule has 1 aromatic carbocycles. The van der Waals surface area contributed by atoms with Crippen LogP contribution < -0.4 is 11.1 Å². The van der Waals surface area contributed by atoms with Crippen molar-refractivity contribution < 1.29 is 4.79 Å². The Kier molecular flexibility index (Phi) is 4.44. The Morgan fingerprint density at radius 3 is 2.31 bits per heavy atom. The second kappa shape index (κ2) is 5.41. The zero-order chi connectivity index (χ0) is 12.3. The van der Waals surface area contributed by atoms with Gasteiger partial charge in [-0.25, -0.2) is 0 Å². The van der Waals surface area contributed by atoms with Crippen molar-refractivity contribution in [2.75, 3.05) is 12.3 Å². The maximum atomic E-state index is 11.7. The van der Waals surface area contributed by atoms with Crippen molar-refractivity contribution >= 4 is 34.8 Å². The zero-order valence-corrected chi connectivity index (χ0v) is 10.7. The third-order valence-electron chi connectivity index (χ3n) is 2.01. The van der Waals surface area contributed by atoms with Gasteiger partial charge in [0.1, 0.15) is 0 Å². The highest BCUT2D eigenvalue weighted by Gasteiger charge is 2.11. The van der Waals surface area contributed by atoms with Crippen LogP contribution in [0, 0.1) is 5.92 Å². The third kappa shape index (κ3) is 3.29. The number of nitrogens with two attached hydrogens (primary N) is 1. The van der Waals surface area contributed by atoms with Crippen molar-refractivity contribution in [2.24, 2.45) is 5.92 Å². The van der Waals surface area contributed by atoms with Gasteiger partial charge in [0, 0.05) is 12.1 Å². The molecule has 0 fully saturated rings. The van der Waals surface area contributed by atoms with E-state index in [2.05, 4.69) is 5.32 Å². The van der Waals surface area contributed by atoms with Gasteiger partial charge in [0.15, 0.2) is 0 Å². The average Bonchev–Trinajstić information content (AvgIpc) is 2.21. The maximum Gasteiger partial charge on any atom is 0.251 e. The molecule has 0 radical (unpaired) electrons. The predicted molar refractivity (Wildman–Crippen MR) is 68.0 cm³/mol. The van der Waals surface area contributed by atoms with Gasteiger partial charge >= 0.3 is 0 Å². The third-order valence-corrected chi connectivity index (χ3v) is 2.64. The van der Waals surface area contributed by atoms with E-state index in [-0.39, 0.29) is 5.91 Å². The Morgan fingerprint density at radius 2 is 1.88 bits per heavy atom. The Morgan fingerprint density at radius 1 is 1.38 bits per heavy atom. The van der Waals surface area contributed by atoms with Gasteiger partial charge in [-0.1, -0.05) is 37.0 Å². The van der Waals surface area contributed by atoms with Gasteiger partial charge in [-0.15, -0.1) is 0 Å². The van der Waals surface area contributed by atoms with Crippen LogP contribution in [0.3, 0.4) is 0 Å². The molecule has 0 atom stereocenters. The molecular weight excluding hydrogens is 247 g/mol. The topological polar surface area (TPSA) is 55.1 Å². The van der Waals surface area contributed by atoms with Gasteiger partial charge in [-0.2, -0.15) is 0 Å². The highest BCUT2D eigenvalue weighted by Crippen LogP contribution is 2.28. The number of rotatable bonds is 3. The van der Waals surface area contributed by atoms with Crippen molar-refractivity contribution in [1.29, 1.82) is 0 Å². The van der Waals surface area contributed by atoms with Gasteiger partial charge in [0.2, 0.25) is 0 Å². The lowest BCUT2D eigenvalue weighted by molar-refractivity contribution is 0.0949. The first kappa shape index (κ1) is 13.1. The Balaban J connectivity index is 2.84. The number of hydrogen-bond acceptors (Lipinski definition) is 2. The monoisotopic (exact) mass is 260 g/mol. The van der Waals surface area contributed by atoms with Gasteiger partial charge in [0.25, 0.3) is 5.91 Å². The second-order valence-electron chi connectivity index (χ2n) is 3.96. The number of carbonyl (C=O) groups is 1. The molecule has 3 N–H and O–H groups in total. The van der Waals surface area contributed by atoms with E-state index in [1.807, 2.05) is 13.8 Å². The van der Waals surface area contributed by atoms with E-state index >= 15 is 0 Å². The minimum absolute atomic E-state index is 0.197. The molecule has 0 bridgehead atoms. The summed E-state index contributed by atoms with van der Waals surface area (Å²) in [6.07, 6.45) is 0. The lowest BCUT2D eigenvalue weighted by atomic mass is 10.1. The molecule has 0 aromatic heterocycles. The van der Waals surface area contributed by atoms with Crippen LogP contribution in [0.1, 0.15) is 24.2 Å². The van der Waals surface area contributed by atoms with Crippen molar-refractivity contribution in [3.05, 3.63) is 27.7 Å². The van der Waals surface area contributed by atoms with E-state index in [0.29, 0.717) is 33.8 Å². The first-order valence-electron chi connectivity index (χ1n) is 4.94. The van der Waals surface area contributed by atoms with Crippen molar-refractivity contribution in [1.82, 2.24) is 5.32 Å². The summed E-state index contributed by atoms with van der Waals surface area (Å²) in [5.41, 5.74) is 6.29. The summed E-state index contributed by atoms with van der Waals surface area (Å²) in [7, 11) is 0. The predicted octanol–water partition coefficient (Wildman–Crippen LogP) is 2.96. The lowest BCUT2D eigenvalue weighted by Crippen LogP contribution is -2.27. The fraction of sp³-hybridized carbons (Fsp3) is 0.364. The molecule has 1 amide bonds. The maximum absolute atomic E-state index is 11.7. The summed E-state index contributed by atoms with van der Waals surface area (Å²) in [6, 6.07) is 3.02. The molecule has 0 saturated heterocycles. The van der Waals surface area contributed by atoms with Crippen LogP contribution in [-0.2, 0) is 0 Å². The number of halogens is 2. The first-order chi connectivity index (χ1) is 7.41. The largest absolute Gasteiger partial charge is 0.396 e. The molecule has 16 heavy (non-hydrogen) atoms. The van der Waals surface area contributed by atoms with Crippen LogP contribution in [0.15, 0.2) is 12.1 Å². The molecule has 0 aliphatic rings. The minimum atomic E-state index is -0.197. The van der Waals surface area contributed by atoms with Crippen LogP contribution in [0.4, 0.5) is 5.69 Å². The van der Waals surface area contributed by atoms with E-state index in [9.17, 15) is 4.79 Å². The fourth-order valence-electron chi connectivity index (χ4n) is 1.11. The van der Waals surface area contributed by atoms with E-state index in [1.54, 1.807) is 0 Å². The number of carbonyl (C=O) groups excluding carboxylic acids is 1. The quantitative estimate of drug-likeness (QED) is 0.822. The summed E-state index contributed by atoms with van der Waals surface area (Å²) in [5.74, 6) is 0.196. The standard InChI is InChI=1S/C11H14Cl2N2O/c1-6(2)5-15-11(16)7-3-8(12)10(14)9(13)4-7/h3-4,6H,5,14H2,1-2H3,(H,15,16). The SMILES string of the molecule is CC(C)CNC(=O)c1cc(Cl)c(N)c(Cl)c1. The highest BCUT2D eigenvalue weighted by atomic mass is 35.5. The van der Waals surface area contributed by atoms with Gasteiger partial charge in [-0.05, 0) is 18.1 Å². The first-order valence-corrected chi connectivity index (χ1v) is 5.70. The molecule has 0 heterocycles. The minimum Gasteiger partial charge on any atom is -0.396 e. The summed E-state index contributed by atoms with van der Waals surface area (Å²) in [5, 5.41) is 3.36.